The average molecular weight is 277 g/mol. The topological polar surface area (TPSA) is 88.2 Å². The highest BCUT2D eigenvalue weighted by atomic mass is 16.4. The fourth-order valence-corrected chi connectivity index (χ4v) is 3.09. The van der Waals surface area contributed by atoms with Crippen LogP contribution in [0.4, 0.5) is 11.5 Å². The second-order valence-electron chi connectivity index (χ2n) is 5.87. The fraction of sp³-hybridized carbons (Fsp3) is 0.600. The first-order valence-corrected chi connectivity index (χ1v) is 7.25. The molecule has 2 rings (SSSR count). The van der Waals surface area contributed by atoms with E-state index in [1.807, 2.05) is 0 Å². The molecule has 5 nitrogen and oxygen atoms in total. The Balaban J connectivity index is 2.20. The molecule has 1 aliphatic carbocycles. The highest BCUT2D eigenvalue weighted by Crippen LogP contribution is 2.33. The number of carboxylic acid groups (broad SMARTS) is 1. The minimum Gasteiger partial charge on any atom is -0.478 e. The van der Waals surface area contributed by atoms with Crippen LogP contribution in [-0.2, 0) is 0 Å². The number of nitrogens with two attached hydrogens (primary N) is 1. The van der Waals surface area contributed by atoms with Gasteiger partial charge in [-0.3, -0.25) is 0 Å². The molecule has 1 aromatic rings. The number of pyridine rings is 1. The number of nitrogens with zero attached hydrogens (tertiary/aromatic N) is 1. The van der Waals surface area contributed by atoms with Gasteiger partial charge in [0.25, 0.3) is 0 Å². The third kappa shape index (κ3) is 3.03. The van der Waals surface area contributed by atoms with Crippen LogP contribution >= 0.6 is 0 Å². The van der Waals surface area contributed by atoms with Crippen molar-refractivity contribution in [3.8, 4) is 0 Å². The summed E-state index contributed by atoms with van der Waals surface area (Å²) < 4.78 is 0. The Hall–Kier alpha value is -1.78. The zero-order valence-electron chi connectivity index (χ0n) is 12.1. The zero-order chi connectivity index (χ0) is 14.7. The molecular weight excluding hydrogens is 254 g/mol. The van der Waals surface area contributed by atoms with E-state index in [1.54, 1.807) is 0 Å². The maximum Gasteiger partial charge on any atom is 0.337 e. The number of carboxylic acids is 1. The van der Waals surface area contributed by atoms with Crippen molar-refractivity contribution in [1.29, 1.82) is 0 Å². The van der Waals surface area contributed by atoms with Gasteiger partial charge in [0.2, 0.25) is 0 Å². The number of aromatic carboxylic acids is 1. The molecule has 0 aromatic carbocycles. The monoisotopic (exact) mass is 277 g/mol. The molecule has 2 unspecified atom stereocenters. The molecule has 5 heteroatoms. The lowest BCUT2D eigenvalue weighted by atomic mass is 9.78. The summed E-state index contributed by atoms with van der Waals surface area (Å²) >= 11 is 0. The van der Waals surface area contributed by atoms with Gasteiger partial charge in [0.15, 0.2) is 0 Å². The molecule has 1 heterocycles. The van der Waals surface area contributed by atoms with Crippen LogP contribution in [0.15, 0.2) is 12.3 Å². The summed E-state index contributed by atoms with van der Waals surface area (Å²) in [6.45, 7) is 4.46. The molecule has 0 amide bonds. The van der Waals surface area contributed by atoms with Crippen LogP contribution in [0, 0.1) is 11.8 Å². The van der Waals surface area contributed by atoms with Gasteiger partial charge in [-0.05, 0) is 30.7 Å². The van der Waals surface area contributed by atoms with Crippen LogP contribution in [0.3, 0.4) is 0 Å². The number of hydrogen-bond acceptors (Lipinski definition) is 4. The lowest BCUT2D eigenvalue weighted by Crippen LogP contribution is -2.35. The normalized spacial score (nSPS) is 22.8. The van der Waals surface area contributed by atoms with Crippen molar-refractivity contribution in [3.05, 3.63) is 17.8 Å². The van der Waals surface area contributed by atoms with E-state index in [2.05, 4.69) is 24.1 Å². The van der Waals surface area contributed by atoms with E-state index >= 15 is 0 Å². The maximum atomic E-state index is 11.1. The predicted molar refractivity (Wildman–Crippen MR) is 79.8 cm³/mol. The Morgan fingerprint density at radius 2 is 2.15 bits per heavy atom. The number of nitrogens with one attached hydrogen (secondary N) is 1. The molecular formula is C15H23N3O2. The van der Waals surface area contributed by atoms with Crippen molar-refractivity contribution in [2.24, 2.45) is 11.8 Å². The van der Waals surface area contributed by atoms with E-state index < -0.39 is 5.97 Å². The Morgan fingerprint density at radius 1 is 1.45 bits per heavy atom. The average Bonchev–Trinajstić information content (AvgIpc) is 2.41. The number of anilines is 2. The molecule has 0 radical (unpaired) electrons. The van der Waals surface area contributed by atoms with Crippen LogP contribution in [0.2, 0.25) is 0 Å². The number of nitrogen functional groups attached to an aromatic ring is 1. The highest BCUT2D eigenvalue weighted by molar-refractivity contribution is 5.96. The molecule has 0 saturated heterocycles. The third-order valence-corrected chi connectivity index (χ3v) is 4.22. The van der Waals surface area contributed by atoms with Gasteiger partial charge >= 0.3 is 5.97 Å². The molecule has 0 aliphatic heterocycles. The van der Waals surface area contributed by atoms with Crippen molar-refractivity contribution in [1.82, 2.24) is 4.98 Å². The molecule has 1 fully saturated rings. The number of rotatable bonds is 4. The molecule has 110 valence electrons. The van der Waals surface area contributed by atoms with E-state index in [1.165, 1.54) is 31.5 Å². The molecule has 1 aliphatic rings. The number of carbonyl (C=O) groups is 1. The van der Waals surface area contributed by atoms with Gasteiger partial charge in [0.1, 0.15) is 5.82 Å². The van der Waals surface area contributed by atoms with Crippen LogP contribution < -0.4 is 11.1 Å². The molecule has 2 atom stereocenters. The molecule has 4 N–H and O–H groups in total. The van der Waals surface area contributed by atoms with Crippen LogP contribution in [0.5, 0.6) is 0 Å². The molecule has 1 saturated carbocycles. The molecule has 0 spiro atoms. The minimum absolute atomic E-state index is 0.111. The number of hydrogen-bond donors (Lipinski definition) is 3. The van der Waals surface area contributed by atoms with E-state index in [0.29, 0.717) is 23.7 Å². The lowest BCUT2D eigenvalue weighted by Gasteiger charge is -2.35. The fourth-order valence-electron chi connectivity index (χ4n) is 3.09. The van der Waals surface area contributed by atoms with Gasteiger partial charge in [-0.1, -0.05) is 26.7 Å². The quantitative estimate of drug-likeness (QED) is 0.787. The summed E-state index contributed by atoms with van der Waals surface area (Å²) in [6.07, 6.45) is 6.24. The third-order valence-electron chi connectivity index (χ3n) is 4.22. The standard InChI is InChI=1S/C15H23N3O2/c1-9(2)10-5-3-4-6-12(10)18-14-13(16)11(15(19)20)7-8-17-14/h7-10,12H,3-6,16H2,1-2H3,(H,17,18)(H,19,20). The first-order chi connectivity index (χ1) is 9.50. The van der Waals surface area contributed by atoms with Crippen LogP contribution in [-0.4, -0.2) is 22.1 Å². The van der Waals surface area contributed by atoms with Gasteiger partial charge in [0.05, 0.1) is 11.3 Å². The predicted octanol–water partition coefficient (Wildman–Crippen LogP) is 2.99. The lowest BCUT2D eigenvalue weighted by molar-refractivity contribution is 0.0698. The summed E-state index contributed by atoms with van der Waals surface area (Å²) in [7, 11) is 0. The summed E-state index contributed by atoms with van der Waals surface area (Å²) in [6, 6.07) is 1.76. The van der Waals surface area contributed by atoms with Gasteiger partial charge in [-0.25, -0.2) is 9.78 Å². The molecule has 20 heavy (non-hydrogen) atoms. The maximum absolute atomic E-state index is 11.1. The second kappa shape index (κ2) is 6.11. The first kappa shape index (κ1) is 14.6. The Kier molecular flexibility index (Phi) is 4.47. The minimum atomic E-state index is -1.02. The van der Waals surface area contributed by atoms with Gasteiger partial charge in [-0.2, -0.15) is 0 Å². The summed E-state index contributed by atoms with van der Waals surface area (Å²) in [5, 5.41) is 12.5. The van der Waals surface area contributed by atoms with Crippen molar-refractivity contribution in [2.45, 2.75) is 45.6 Å². The van der Waals surface area contributed by atoms with Crippen molar-refractivity contribution in [3.63, 3.8) is 0 Å². The zero-order valence-corrected chi connectivity index (χ0v) is 12.1. The smallest absolute Gasteiger partial charge is 0.337 e. The van der Waals surface area contributed by atoms with Crippen molar-refractivity contribution in [2.75, 3.05) is 11.1 Å². The van der Waals surface area contributed by atoms with E-state index in [9.17, 15) is 4.79 Å². The van der Waals surface area contributed by atoms with Crippen molar-refractivity contribution >= 4 is 17.5 Å². The van der Waals surface area contributed by atoms with Crippen molar-refractivity contribution < 1.29 is 9.90 Å². The Morgan fingerprint density at radius 3 is 2.80 bits per heavy atom. The second-order valence-corrected chi connectivity index (χ2v) is 5.87. The summed E-state index contributed by atoms with van der Waals surface area (Å²) in [5.74, 6) is 0.662. The van der Waals surface area contributed by atoms with Gasteiger partial charge < -0.3 is 16.2 Å². The summed E-state index contributed by atoms with van der Waals surface area (Å²) in [5.41, 5.74) is 6.26. The first-order valence-electron chi connectivity index (χ1n) is 7.25. The summed E-state index contributed by atoms with van der Waals surface area (Å²) in [4.78, 5) is 15.3. The van der Waals surface area contributed by atoms with Gasteiger partial charge in [-0.15, -0.1) is 0 Å². The highest BCUT2D eigenvalue weighted by Gasteiger charge is 2.28. The SMILES string of the molecule is CC(C)C1CCCCC1Nc1nccc(C(=O)O)c1N. The number of aromatic nitrogens is 1. The van der Waals surface area contributed by atoms with Crippen LogP contribution in [0.25, 0.3) is 0 Å². The van der Waals surface area contributed by atoms with Gasteiger partial charge in [0, 0.05) is 12.2 Å². The molecule has 1 aromatic heterocycles. The van der Waals surface area contributed by atoms with E-state index in [0.717, 1.165) is 6.42 Å². The van der Waals surface area contributed by atoms with E-state index in [4.69, 9.17) is 10.8 Å². The Labute approximate surface area is 119 Å². The largest absolute Gasteiger partial charge is 0.478 e. The van der Waals surface area contributed by atoms with Crippen LogP contribution in [0.1, 0.15) is 49.9 Å². The molecule has 0 bridgehead atoms. The van der Waals surface area contributed by atoms with E-state index in [-0.39, 0.29) is 11.3 Å². The Bertz CT molecular complexity index is 488.